The second-order valence-corrected chi connectivity index (χ2v) is 6.32. The molecule has 0 N–H and O–H groups in total. The fourth-order valence-electron chi connectivity index (χ4n) is 3.35. The lowest BCUT2D eigenvalue weighted by atomic mass is 9.86. The highest BCUT2D eigenvalue weighted by Gasteiger charge is 2.19. The van der Waals surface area contributed by atoms with Gasteiger partial charge in [-0.05, 0) is 59.6 Å². The largest absolute Gasteiger partial charge is 0.207 e. The first-order valence-electron chi connectivity index (χ1n) is 8.54. The zero-order valence-electron chi connectivity index (χ0n) is 14.1. The summed E-state index contributed by atoms with van der Waals surface area (Å²) < 4.78 is 42.7. The number of aryl methyl sites for hydroxylation is 3. The van der Waals surface area contributed by atoms with Crippen LogP contribution in [0, 0.1) is 17.5 Å². The maximum Gasteiger partial charge on any atom is 0.166 e. The molecule has 0 nitrogen and oxygen atoms in total. The van der Waals surface area contributed by atoms with Crippen molar-refractivity contribution in [1.29, 1.82) is 0 Å². The van der Waals surface area contributed by atoms with Gasteiger partial charge in [-0.15, -0.1) is 0 Å². The van der Waals surface area contributed by atoms with Crippen LogP contribution in [0.1, 0.15) is 54.5 Å². The van der Waals surface area contributed by atoms with Crippen molar-refractivity contribution >= 4 is 11.6 Å². The summed E-state index contributed by atoms with van der Waals surface area (Å²) in [5, 5.41) is 0. The fraction of sp³-hybridized carbons (Fsp3) is 0.333. The molecule has 0 atom stereocenters. The molecule has 3 heteroatoms. The first kappa shape index (κ1) is 16.8. The summed E-state index contributed by atoms with van der Waals surface area (Å²) in [4.78, 5) is 0. The number of halogens is 3. The minimum atomic E-state index is -0.790. The lowest BCUT2D eigenvalue weighted by Crippen LogP contribution is -2.05. The highest BCUT2D eigenvalue weighted by atomic mass is 19.2. The Morgan fingerprint density at radius 1 is 0.917 bits per heavy atom. The lowest BCUT2D eigenvalue weighted by Gasteiger charge is -2.19. The van der Waals surface area contributed by atoms with E-state index >= 15 is 0 Å². The van der Waals surface area contributed by atoms with Crippen LogP contribution in [-0.4, -0.2) is 0 Å². The van der Waals surface area contributed by atoms with Crippen molar-refractivity contribution in [3.05, 3.63) is 69.5 Å². The number of benzene rings is 2. The van der Waals surface area contributed by atoms with Crippen LogP contribution in [-0.2, 0) is 19.3 Å². The zero-order valence-corrected chi connectivity index (χ0v) is 14.1. The molecule has 0 radical (unpaired) electrons. The van der Waals surface area contributed by atoms with E-state index in [4.69, 9.17) is 0 Å². The van der Waals surface area contributed by atoms with E-state index in [0.29, 0.717) is 36.8 Å². The van der Waals surface area contributed by atoms with E-state index in [9.17, 15) is 13.2 Å². The third kappa shape index (κ3) is 3.00. The Bertz CT molecular complexity index is 803. The van der Waals surface area contributed by atoms with Gasteiger partial charge in [-0.1, -0.05) is 44.5 Å². The van der Waals surface area contributed by atoms with Crippen molar-refractivity contribution in [2.75, 3.05) is 0 Å². The molecule has 1 aliphatic carbocycles. The van der Waals surface area contributed by atoms with Crippen LogP contribution < -0.4 is 0 Å². The second kappa shape index (κ2) is 6.84. The molecule has 0 amide bonds. The van der Waals surface area contributed by atoms with Crippen molar-refractivity contribution in [3.8, 4) is 0 Å². The van der Waals surface area contributed by atoms with Crippen LogP contribution in [0.25, 0.3) is 11.6 Å². The predicted molar refractivity (Wildman–Crippen MR) is 92.3 cm³/mol. The summed E-state index contributed by atoms with van der Waals surface area (Å²) in [5.74, 6) is -1.78. The molecule has 0 aliphatic heterocycles. The van der Waals surface area contributed by atoms with Crippen molar-refractivity contribution in [3.63, 3.8) is 0 Å². The fourth-order valence-corrected chi connectivity index (χ4v) is 3.35. The monoisotopic (exact) mass is 330 g/mol. The van der Waals surface area contributed by atoms with Crippen LogP contribution >= 0.6 is 0 Å². The highest BCUT2D eigenvalue weighted by Crippen LogP contribution is 2.34. The van der Waals surface area contributed by atoms with Crippen molar-refractivity contribution < 1.29 is 13.2 Å². The Labute approximate surface area is 141 Å². The average molecular weight is 330 g/mol. The third-order valence-electron chi connectivity index (χ3n) is 4.71. The first-order chi connectivity index (χ1) is 11.5. The Morgan fingerprint density at radius 3 is 2.42 bits per heavy atom. The molecule has 0 fully saturated rings. The van der Waals surface area contributed by atoms with E-state index in [2.05, 4.69) is 0 Å². The van der Waals surface area contributed by atoms with E-state index in [-0.39, 0.29) is 11.4 Å². The van der Waals surface area contributed by atoms with Gasteiger partial charge in [0.15, 0.2) is 11.6 Å². The standard InChI is InChI=1S/C21H21F3/c1-3-5-14-8-9-18(21(24)20(14)23)16-7-6-15-10-13(4-2)19(22)12-17(15)11-16/h8-12H,3-7H2,1-2H3. The van der Waals surface area contributed by atoms with Gasteiger partial charge in [-0.3, -0.25) is 0 Å². The van der Waals surface area contributed by atoms with Gasteiger partial charge >= 0.3 is 0 Å². The van der Waals surface area contributed by atoms with Gasteiger partial charge in [0.05, 0.1) is 0 Å². The lowest BCUT2D eigenvalue weighted by molar-refractivity contribution is 0.495. The molecule has 2 aromatic rings. The highest BCUT2D eigenvalue weighted by molar-refractivity contribution is 5.84. The van der Waals surface area contributed by atoms with E-state index in [1.54, 1.807) is 18.2 Å². The van der Waals surface area contributed by atoms with E-state index in [0.717, 1.165) is 23.1 Å². The Morgan fingerprint density at radius 2 is 1.71 bits per heavy atom. The predicted octanol–water partition coefficient (Wildman–Crippen LogP) is 6.11. The maximum atomic E-state index is 14.5. The van der Waals surface area contributed by atoms with Crippen molar-refractivity contribution in [2.24, 2.45) is 0 Å². The number of hydrogen-bond acceptors (Lipinski definition) is 0. The second-order valence-electron chi connectivity index (χ2n) is 6.32. The van der Waals surface area contributed by atoms with Crippen LogP contribution in [0.15, 0.2) is 24.3 Å². The molecule has 0 spiro atoms. The summed E-state index contributed by atoms with van der Waals surface area (Å²) in [6.45, 7) is 3.86. The minimum Gasteiger partial charge on any atom is -0.207 e. The zero-order chi connectivity index (χ0) is 17.3. The van der Waals surface area contributed by atoms with Crippen LogP contribution in [0.5, 0.6) is 0 Å². The summed E-state index contributed by atoms with van der Waals surface area (Å²) >= 11 is 0. The van der Waals surface area contributed by atoms with Gasteiger partial charge in [0.25, 0.3) is 0 Å². The summed E-state index contributed by atoms with van der Waals surface area (Å²) in [6.07, 6.45) is 5.07. The van der Waals surface area contributed by atoms with Gasteiger partial charge in [0.1, 0.15) is 5.82 Å². The number of fused-ring (bicyclic) bond motifs is 1. The maximum absolute atomic E-state index is 14.5. The van der Waals surface area contributed by atoms with Gasteiger partial charge in [0.2, 0.25) is 0 Å². The quantitative estimate of drug-likeness (QED) is 0.635. The molecule has 126 valence electrons. The number of rotatable bonds is 4. The van der Waals surface area contributed by atoms with Gasteiger partial charge in [-0.25, -0.2) is 13.2 Å². The first-order valence-corrected chi connectivity index (χ1v) is 8.54. The smallest absolute Gasteiger partial charge is 0.166 e. The SMILES string of the molecule is CCCc1ccc(C2=Cc3cc(F)c(CC)cc3CC2)c(F)c1F. The average Bonchev–Trinajstić information content (AvgIpc) is 2.58. The molecule has 0 heterocycles. The normalized spacial score (nSPS) is 13.6. The minimum absolute atomic E-state index is 0.237. The molecule has 0 saturated heterocycles. The van der Waals surface area contributed by atoms with Gasteiger partial charge in [-0.2, -0.15) is 0 Å². The van der Waals surface area contributed by atoms with E-state index in [1.807, 2.05) is 19.9 Å². The van der Waals surface area contributed by atoms with Gasteiger partial charge in [0, 0.05) is 5.56 Å². The topological polar surface area (TPSA) is 0 Å². The third-order valence-corrected chi connectivity index (χ3v) is 4.71. The molecular weight excluding hydrogens is 309 g/mol. The molecule has 0 bridgehead atoms. The van der Waals surface area contributed by atoms with E-state index in [1.165, 1.54) is 6.07 Å². The molecule has 2 aromatic carbocycles. The molecular formula is C21H21F3. The molecule has 0 saturated carbocycles. The Balaban J connectivity index is 2.02. The summed E-state index contributed by atoms with van der Waals surface area (Å²) in [5.41, 5.74) is 3.97. The van der Waals surface area contributed by atoms with Crippen molar-refractivity contribution in [1.82, 2.24) is 0 Å². The molecule has 3 rings (SSSR count). The Kier molecular flexibility index (Phi) is 4.79. The van der Waals surface area contributed by atoms with Gasteiger partial charge < -0.3 is 0 Å². The molecule has 0 unspecified atom stereocenters. The number of allylic oxidation sites excluding steroid dienone is 1. The summed E-state index contributed by atoms with van der Waals surface area (Å²) in [7, 11) is 0. The molecule has 24 heavy (non-hydrogen) atoms. The van der Waals surface area contributed by atoms with Crippen LogP contribution in [0.3, 0.4) is 0 Å². The van der Waals surface area contributed by atoms with Crippen LogP contribution in [0.4, 0.5) is 13.2 Å². The van der Waals surface area contributed by atoms with Crippen LogP contribution in [0.2, 0.25) is 0 Å². The van der Waals surface area contributed by atoms with Crippen molar-refractivity contribution in [2.45, 2.75) is 46.0 Å². The molecule has 0 aromatic heterocycles. The Hall–Kier alpha value is -2.03. The summed E-state index contributed by atoms with van der Waals surface area (Å²) in [6, 6.07) is 6.71. The molecule has 1 aliphatic rings. The number of hydrogen-bond donors (Lipinski definition) is 0. The van der Waals surface area contributed by atoms with E-state index < -0.39 is 11.6 Å².